The number of pyridine rings is 1. The highest BCUT2D eigenvalue weighted by Gasteiger charge is 2.20. The van der Waals surface area contributed by atoms with Crippen LogP contribution in [0.3, 0.4) is 0 Å². The summed E-state index contributed by atoms with van der Waals surface area (Å²) in [7, 11) is 0. The molecule has 118 valence electrons. The molecule has 0 aliphatic heterocycles. The molecule has 2 N–H and O–H groups in total. The van der Waals surface area contributed by atoms with Crippen LogP contribution < -0.4 is 10.6 Å². The van der Waals surface area contributed by atoms with Gasteiger partial charge in [-0.2, -0.15) is 0 Å². The van der Waals surface area contributed by atoms with Crippen LogP contribution in [0.2, 0.25) is 0 Å². The summed E-state index contributed by atoms with van der Waals surface area (Å²) in [6.45, 7) is 8.53. The predicted molar refractivity (Wildman–Crippen MR) is 87.4 cm³/mol. The molecule has 0 aliphatic rings. The monoisotopic (exact) mass is 303 g/mol. The molecule has 2 rings (SSSR count). The molecule has 0 bridgehead atoms. The van der Waals surface area contributed by atoms with Crippen molar-refractivity contribution in [1.29, 1.82) is 0 Å². The second kappa shape index (κ2) is 6.30. The second-order valence-electron chi connectivity index (χ2n) is 6.38. The van der Waals surface area contributed by atoms with Crippen LogP contribution in [0.4, 0.5) is 10.1 Å². The predicted octanol–water partition coefficient (Wildman–Crippen LogP) is 3.26. The first-order valence-electron chi connectivity index (χ1n) is 7.37. The number of amides is 1. The highest BCUT2D eigenvalue weighted by Crippen LogP contribution is 2.24. The van der Waals surface area contributed by atoms with E-state index in [0.717, 1.165) is 16.8 Å². The Hall–Kier alpha value is -2.17. The van der Waals surface area contributed by atoms with Crippen molar-refractivity contribution in [3.63, 3.8) is 0 Å². The van der Waals surface area contributed by atoms with Crippen LogP contribution in [-0.4, -0.2) is 24.0 Å². The molecule has 0 unspecified atom stereocenters. The van der Waals surface area contributed by atoms with E-state index in [1.807, 2.05) is 39.8 Å². The molecule has 1 amide bonds. The lowest BCUT2D eigenvalue weighted by atomic mass is 9.96. The number of hydrogen-bond donors (Lipinski definition) is 2. The van der Waals surface area contributed by atoms with Crippen molar-refractivity contribution in [1.82, 2.24) is 10.3 Å². The Morgan fingerprint density at radius 1 is 1.27 bits per heavy atom. The van der Waals surface area contributed by atoms with Gasteiger partial charge in [0, 0.05) is 35.3 Å². The van der Waals surface area contributed by atoms with Gasteiger partial charge in [-0.1, -0.05) is 32.9 Å². The van der Waals surface area contributed by atoms with Crippen molar-refractivity contribution >= 4 is 22.5 Å². The van der Waals surface area contributed by atoms with Crippen molar-refractivity contribution in [2.45, 2.75) is 27.7 Å². The van der Waals surface area contributed by atoms with Crippen LogP contribution in [0.15, 0.2) is 24.3 Å². The number of hydrogen-bond acceptors (Lipinski definition) is 3. The number of nitrogens with zero attached hydrogens (tertiary/aromatic N) is 1. The van der Waals surface area contributed by atoms with Gasteiger partial charge in [-0.05, 0) is 19.1 Å². The summed E-state index contributed by atoms with van der Waals surface area (Å²) < 4.78 is 13.8. The number of anilines is 1. The van der Waals surface area contributed by atoms with Gasteiger partial charge >= 0.3 is 0 Å². The van der Waals surface area contributed by atoms with Gasteiger partial charge in [0.2, 0.25) is 5.91 Å². The van der Waals surface area contributed by atoms with E-state index >= 15 is 0 Å². The molecule has 0 fully saturated rings. The number of carbonyl (C=O) groups excluding carboxylic acids is 1. The SMILES string of the molecule is Cc1cc(NCCNC(=O)C(C)(C)C)c2cccc(F)c2n1. The maximum absolute atomic E-state index is 13.8. The topological polar surface area (TPSA) is 54.0 Å². The van der Waals surface area contributed by atoms with Crippen molar-refractivity contribution in [3.8, 4) is 0 Å². The van der Waals surface area contributed by atoms with Crippen LogP contribution in [0.1, 0.15) is 26.5 Å². The second-order valence-corrected chi connectivity index (χ2v) is 6.38. The standard InChI is InChI=1S/C17H22FN3O/c1-11-10-14(12-6-5-7-13(18)15(12)21-11)19-8-9-20-16(22)17(2,3)4/h5-7,10H,8-9H2,1-4H3,(H,19,21)(H,20,22). The number of nitrogens with one attached hydrogen (secondary N) is 2. The number of halogens is 1. The van der Waals surface area contributed by atoms with E-state index < -0.39 is 5.41 Å². The van der Waals surface area contributed by atoms with Gasteiger partial charge in [-0.25, -0.2) is 9.37 Å². The minimum atomic E-state index is -0.400. The molecular formula is C17H22FN3O. The van der Waals surface area contributed by atoms with Crippen LogP contribution in [0, 0.1) is 18.2 Å². The number of carbonyl (C=O) groups is 1. The molecule has 1 aromatic carbocycles. The van der Waals surface area contributed by atoms with E-state index in [9.17, 15) is 9.18 Å². The Morgan fingerprint density at radius 3 is 2.68 bits per heavy atom. The molecular weight excluding hydrogens is 281 g/mol. The van der Waals surface area contributed by atoms with Gasteiger partial charge in [-0.3, -0.25) is 4.79 Å². The Morgan fingerprint density at radius 2 is 2.00 bits per heavy atom. The zero-order valence-corrected chi connectivity index (χ0v) is 13.5. The summed E-state index contributed by atoms with van der Waals surface area (Å²) in [6, 6.07) is 6.79. The molecule has 0 radical (unpaired) electrons. The molecule has 5 heteroatoms. The lowest BCUT2D eigenvalue weighted by molar-refractivity contribution is -0.128. The van der Waals surface area contributed by atoms with E-state index in [4.69, 9.17) is 0 Å². The van der Waals surface area contributed by atoms with Gasteiger partial charge in [0.15, 0.2) is 0 Å². The van der Waals surface area contributed by atoms with Crippen molar-refractivity contribution in [3.05, 3.63) is 35.8 Å². The number of benzene rings is 1. The molecule has 0 saturated heterocycles. The Kier molecular flexibility index (Phi) is 4.64. The van der Waals surface area contributed by atoms with Crippen LogP contribution in [0.25, 0.3) is 10.9 Å². The minimum Gasteiger partial charge on any atom is -0.383 e. The highest BCUT2D eigenvalue weighted by molar-refractivity contribution is 5.91. The normalized spacial score (nSPS) is 11.5. The number of aromatic nitrogens is 1. The largest absolute Gasteiger partial charge is 0.383 e. The summed E-state index contributed by atoms with van der Waals surface area (Å²) in [5, 5.41) is 6.86. The molecule has 1 heterocycles. The molecule has 2 aromatic rings. The zero-order chi connectivity index (χ0) is 16.3. The number of fused-ring (bicyclic) bond motifs is 1. The fourth-order valence-electron chi connectivity index (χ4n) is 2.13. The van der Waals surface area contributed by atoms with Crippen LogP contribution in [-0.2, 0) is 4.79 Å². The highest BCUT2D eigenvalue weighted by atomic mass is 19.1. The molecule has 0 saturated carbocycles. The number of aryl methyl sites for hydroxylation is 1. The molecule has 0 aliphatic carbocycles. The fraction of sp³-hybridized carbons (Fsp3) is 0.412. The quantitative estimate of drug-likeness (QED) is 0.852. The van der Waals surface area contributed by atoms with Gasteiger partial charge in [-0.15, -0.1) is 0 Å². The maximum atomic E-state index is 13.8. The van der Waals surface area contributed by atoms with E-state index in [-0.39, 0.29) is 11.7 Å². The van der Waals surface area contributed by atoms with E-state index in [0.29, 0.717) is 18.6 Å². The summed E-state index contributed by atoms with van der Waals surface area (Å²) in [4.78, 5) is 16.0. The third kappa shape index (κ3) is 3.72. The summed E-state index contributed by atoms with van der Waals surface area (Å²) >= 11 is 0. The average Bonchev–Trinajstić information content (AvgIpc) is 2.43. The Bertz CT molecular complexity index is 692. The van der Waals surface area contributed by atoms with Gasteiger partial charge in [0.1, 0.15) is 11.3 Å². The van der Waals surface area contributed by atoms with Crippen LogP contribution in [0.5, 0.6) is 0 Å². The molecule has 0 atom stereocenters. The lowest BCUT2D eigenvalue weighted by Crippen LogP contribution is -2.37. The van der Waals surface area contributed by atoms with E-state index in [1.165, 1.54) is 6.07 Å². The molecule has 0 spiro atoms. The zero-order valence-electron chi connectivity index (χ0n) is 13.5. The number of para-hydroxylation sites is 1. The first kappa shape index (κ1) is 16.2. The van der Waals surface area contributed by atoms with Crippen molar-refractivity contribution < 1.29 is 9.18 Å². The summed E-state index contributed by atoms with van der Waals surface area (Å²) in [5.74, 6) is -0.318. The van der Waals surface area contributed by atoms with E-state index in [1.54, 1.807) is 6.07 Å². The third-order valence-corrected chi connectivity index (χ3v) is 3.33. The van der Waals surface area contributed by atoms with Crippen molar-refractivity contribution in [2.24, 2.45) is 5.41 Å². The van der Waals surface area contributed by atoms with Gasteiger partial charge in [0.25, 0.3) is 0 Å². The summed E-state index contributed by atoms with van der Waals surface area (Å²) in [5.41, 5.74) is 1.54. The van der Waals surface area contributed by atoms with Gasteiger partial charge in [0.05, 0.1) is 0 Å². The molecule has 1 aromatic heterocycles. The Labute approximate surface area is 130 Å². The third-order valence-electron chi connectivity index (χ3n) is 3.33. The lowest BCUT2D eigenvalue weighted by Gasteiger charge is -2.18. The maximum Gasteiger partial charge on any atom is 0.225 e. The smallest absolute Gasteiger partial charge is 0.225 e. The van der Waals surface area contributed by atoms with Crippen molar-refractivity contribution in [2.75, 3.05) is 18.4 Å². The molecule has 4 nitrogen and oxygen atoms in total. The van der Waals surface area contributed by atoms with Gasteiger partial charge < -0.3 is 10.6 Å². The molecule has 22 heavy (non-hydrogen) atoms. The fourth-order valence-corrected chi connectivity index (χ4v) is 2.13. The first-order chi connectivity index (χ1) is 10.3. The van der Waals surface area contributed by atoms with Crippen LogP contribution >= 0.6 is 0 Å². The first-order valence-corrected chi connectivity index (χ1v) is 7.37. The van der Waals surface area contributed by atoms with E-state index in [2.05, 4.69) is 15.6 Å². The minimum absolute atomic E-state index is 0.0103. The summed E-state index contributed by atoms with van der Waals surface area (Å²) in [6.07, 6.45) is 0. The average molecular weight is 303 g/mol. The number of rotatable bonds is 4. The Balaban J connectivity index is 2.06.